The van der Waals surface area contributed by atoms with E-state index in [4.69, 9.17) is 0 Å². The van der Waals surface area contributed by atoms with Crippen molar-refractivity contribution in [3.8, 4) is 0 Å². The average Bonchev–Trinajstić information content (AvgIpc) is 3.50. The lowest BCUT2D eigenvalue weighted by molar-refractivity contribution is 0.0915. The molecular formula is C28H30FN5O2S. The molecule has 1 saturated heterocycles. The Kier molecular flexibility index (Phi) is 6.72. The van der Waals surface area contributed by atoms with Crippen LogP contribution in [0, 0.1) is 5.82 Å². The van der Waals surface area contributed by atoms with Gasteiger partial charge in [0.05, 0.1) is 15.8 Å². The molecule has 2 aromatic carbocycles. The quantitative estimate of drug-likeness (QED) is 0.343. The van der Waals surface area contributed by atoms with E-state index in [2.05, 4.69) is 20.4 Å². The van der Waals surface area contributed by atoms with Crippen LogP contribution in [-0.4, -0.2) is 42.1 Å². The predicted molar refractivity (Wildman–Crippen MR) is 146 cm³/mol. The van der Waals surface area contributed by atoms with E-state index in [1.165, 1.54) is 47.6 Å². The molecule has 0 unspecified atom stereocenters. The van der Waals surface area contributed by atoms with Gasteiger partial charge in [0.15, 0.2) is 0 Å². The Morgan fingerprint density at radius 3 is 2.41 bits per heavy atom. The Bertz CT molecular complexity index is 1420. The zero-order valence-corrected chi connectivity index (χ0v) is 22.0. The third-order valence-electron chi connectivity index (χ3n) is 6.92. The van der Waals surface area contributed by atoms with Crippen LogP contribution in [0.2, 0.25) is 0 Å². The highest BCUT2D eigenvalue weighted by molar-refractivity contribution is 7.20. The summed E-state index contributed by atoms with van der Waals surface area (Å²) in [4.78, 5) is 31.3. The number of nitrogens with one attached hydrogen (secondary N) is 2. The van der Waals surface area contributed by atoms with Crippen LogP contribution in [0.5, 0.6) is 0 Å². The van der Waals surface area contributed by atoms with Gasteiger partial charge in [-0.25, -0.2) is 4.39 Å². The Morgan fingerprint density at radius 1 is 1.05 bits per heavy atom. The van der Waals surface area contributed by atoms with E-state index in [1.54, 1.807) is 25.2 Å². The standard InChI is InChI=1S/C28H30FN5O2S/c1-28(2,19-9-11-20(29)12-10-19)30-25(35)23-17-22-24(31-32-26(22)37-23)33(3)27(36)18-7-13-21(14-8-18)34-15-5-4-6-16-34/h7-14,17H,4-6,15-16H2,1-3H3,(H,30,35)(H,31,32). The van der Waals surface area contributed by atoms with E-state index in [0.717, 1.165) is 24.3 Å². The summed E-state index contributed by atoms with van der Waals surface area (Å²) in [7, 11) is 1.70. The maximum absolute atomic E-state index is 13.3. The van der Waals surface area contributed by atoms with E-state index in [9.17, 15) is 14.0 Å². The van der Waals surface area contributed by atoms with E-state index in [-0.39, 0.29) is 17.6 Å². The first-order chi connectivity index (χ1) is 17.7. The zero-order chi connectivity index (χ0) is 26.2. The van der Waals surface area contributed by atoms with Gasteiger partial charge in [-0.1, -0.05) is 12.1 Å². The summed E-state index contributed by atoms with van der Waals surface area (Å²) in [6, 6.07) is 15.6. The van der Waals surface area contributed by atoms with Gasteiger partial charge in [-0.3, -0.25) is 19.6 Å². The van der Waals surface area contributed by atoms with Crippen LogP contribution in [0.25, 0.3) is 10.2 Å². The Hall–Kier alpha value is -3.72. The summed E-state index contributed by atoms with van der Waals surface area (Å²) < 4.78 is 13.3. The molecule has 2 aromatic heterocycles. The third kappa shape index (κ3) is 5.09. The minimum Gasteiger partial charge on any atom is -0.372 e. The van der Waals surface area contributed by atoms with E-state index >= 15 is 0 Å². The smallest absolute Gasteiger partial charge is 0.262 e. The van der Waals surface area contributed by atoms with Crippen LogP contribution < -0.4 is 15.1 Å². The molecule has 2 N–H and O–H groups in total. The number of nitrogens with zero attached hydrogens (tertiary/aromatic N) is 3. The number of halogens is 1. The second kappa shape index (κ2) is 9.97. The molecular weight excluding hydrogens is 489 g/mol. The fourth-order valence-corrected chi connectivity index (χ4v) is 5.60. The monoisotopic (exact) mass is 519 g/mol. The van der Waals surface area contributed by atoms with Gasteiger partial charge in [-0.05, 0) is 81.1 Å². The Labute approximate surface area is 219 Å². The van der Waals surface area contributed by atoms with Crippen molar-refractivity contribution in [1.82, 2.24) is 15.5 Å². The van der Waals surface area contributed by atoms with E-state index in [1.807, 2.05) is 38.1 Å². The fourth-order valence-electron chi connectivity index (χ4n) is 4.71. The Balaban J connectivity index is 1.32. The van der Waals surface area contributed by atoms with Crippen molar-refractivity contribution in [2.24, 2.45) is 0 Å². The predicted octanol–water partition coefficient (Wildman–Crippen LogP) is 5.70. The number of aromatic nitrogens is 2. The minimum atomic E-state index is -0.700. The van der Waals surface area contributed by atoms with Crippen molar-refractivity contribution in [2.75, 3.05) is 29.9 Å². The number of aromatic amines is 1. The van der Waals surface area contributed by atoms with Gasteiger partial charge in [-0.15, -0.1) is 11.3 Å². The van der Waals surface area contributed by atoms with Crippen molar-refractivity contribution in [3.63, 3.8) is 0 Å². The van der Waals surface area contributed by atoms with Crippen molar-refractivity contribution >= 4 is 44.9 Å². The van der Waals surface area contributed by atoms with Crippen molar-refractivity contribution in [2.45, 2.75) is 38.6 Å². The van der Waals surface area contributed by atoms with Crippen LogP contribution in [-0.2, 0) is 5.54 Å². The van der Waals surface area contributed by atoms with Gasteiger partial charge in [-0.2, -0.15) is 5.10 Å². The molecule has 7 nitrogen and oxygen atoms in total. The maximum atomic E-state index is 13.3. The van der Waals surface area contributed by atoms with Crippen LogP contribution in [0.3, 0.4) is 0 Å². The average molecular weight is 520 g/mol. The molecule has 0 bridgehead atoms. The highest BCUT2D eigenvalue weighted by Crippen LogP contribution is 2.32. The van der Waals surface area contributed by atoms with Crippen molar-refractivity contribution in [1.29, 1.82) is 0 Å². The molecule has 1 fully saturated rings. The highest BCUT2D eigenvalue weighted by atomic mass is 32.1. The first kappa shape index (κ1) is 25.0. The molecule has 1 aliphatic heterocycles. The summed E-state index contributed by atoms with van der Waals surface area (Å²) in [5, 5.41) is 11.0. The summed E-state index contributed by atoms with van der Waals surface area (Å²) in [5.41, 5.74) is 1.82. The minimum absolute atomic E-state index is 0.162. The number of carbonyl (C=O) groups excluding carboxylic acids is 2. The number of piperidine rings is 1. The number of H-pyrrole nitrogens is 1. The molecule has 2 amide bonds. The maximum Gasteiger partial charge on any atom is 0.262 e. The SMILES string of the molecule is CN(C(=O)c1ccc(N2CCCCC2)cc1)c1[nH]nc2sc(C(=O)NC(C)(C)c3ccc(F)cc3)cc12. The van der Waals surface area contributed by atoms with E-state index in [0.29, 0.717) is 26.5 Å². The molecule has 0 aliphatic carbocycles. The number of carbonyl (C=O) groups is 2. The molecule has 0 spiro atoms. The zero-order valence-electron chi connectivity index (χ0n) is 21.2. The first-order valence-electron chi connectivity index (χ1n) is 12.4. The van der Waals surface area contributed by atoms with Gasteiger partial charge < -0.3 is 10.2 Å². The first-order valence-corrected chi connectivity index (χ1v) is 13.2. The van der Waals surface area contributed by atoms with Gasteiger partial charge in [0.25, 0.3) is 11.8 Å². The lowest BCUT2D eigenvalue weighted by atomic mass is 9.94. The summed E-state index contributed by atoms with van der Waals surface area (Å²) in [6.07, 6.45) is 3.67. The van der Waals surface area contributed by atoms with Gasteiger partial charge in [0.2, 0.25) is 0 Å². The number of hydrogen-bond acceptors (Lipinski definition) is 5. The van der Waals surface area contributed by atoms with Gasteiger partial charge in [0, 0.05) is 31.4 Å². The normalized spacial score (nSPS) is 14.1. The molecule has 37 heavy (non-hydrogen) atoms. The lowest BCUT2D eigenvalue weighted by Gasteiger charge is -2.29. The number of rotatable bonds is 6. The number of fused-ring (bicyclic) bond motifs is 1. The molecule has 0 saturated carbocycles. The summed E-state index contributed by atoms with van der Waals surface area (Å²) in [6.45, 7) is 5.83. The summed E-state index contributed by atoms with van der Waals surface area (Å²) in [5.74, 6) is -0.210. The molecule has 0 atom stereocenters. The molecule has 0 radical (unpaired) electrons. The molecule has 5 rings (SSSR count). The highest BCUT2D eigenvalue weighted by Gasteiger charge is 2.26. The molecule has 9 heteroatoms. The fraction of sp³-hybridized carbons (Fsp3) is 0.321. The Morgan fingerprint density at radius 2 is 1.73 bits per heavy atom. The number of amides is 2. The molecule has 1 aliphatic rings. The number of hydrogen-bond donors (Lipinski definition) is 2. The van der Waals surface area contributed by atoms with Crippen molar-refractivity contribution < 1.29 is 14.0 Å². The van der Waals surface area contributed by atoms with Crippen LogP contribution in [0.1, 0.15) is 58.7 Å². The van der Waals surface area contributed by atoms with Crippen molar-refractivity contribution in [3.05, 3.63) is 76.4 Å². The molecule has 192 valence electrons. The second-order valence-corrected chi connectivity index (χ2v) is 11.0. The van der Waals surface area contributed by atoms with Crippen LogP contribution in [0.15, 0.2) is 54.6 Å². The number of benzene rings is 2. The largest absolute Gasteiger partial charge is 0.372 e. The topological polar surface area (TPSA) is 81.3 Å². The van der Waals surface area contributed by atoms with E-state index < -0.39 is 5.54 Å². The van der Waals surface area contributed by atoms with Gasteiger partial charge >= 0.3 is 0 Å². The van der Waals surface area contributed by atoms with Crippen LogP contribution in [0.4, 0.5) is 15.9 Å². The summed E-state index contributed by atoms with van der Waals surface area (Å²) >= 11 is 1.25. The molecule has 4 aromatic rings. The second-order valence-electron chi connectivity index (χ2n) is 9.95. The number of thiophene rings is 1. The third-order valence-corrected chi connectivity index (χ3v) is 7.95. The lowest BCUT2D eigenvalue weighted by Crippen LogP contribution is -2.40. The van der Waals surface area contributed by atoms with Gasteiger partial charge in [0.1, 0.15) is 16.5 Å². The molecule has 3 heterocycles. The van der Waals surface area contributed by atoms with Crippen LogP contribution >= 0.6 is 11.3 Å². The number of anilines is 2.